The van der Waals surface area contributed by atoms with Crippen molar-refractivity contribution in [3.8, 4) is 5.75 Å². The van der Waals surface area contributed by atoms with Gasteiger partial charge in [-0.15, -0.1) is 0 Å². The number of amides is 3. The Bertz CT molecular complexity index is 1110. The summed E-state index contributed by atoms with van der Waals surface area (Å²) >= 11 is 0. The second kappa shape index (κ2) is 11.7. The summed E-state index contributed by atoms with van der Waals surface area (Å²) in [5.41, 5.74) is 1.43. The predicted molar refractivity (Wildman–Crippen MR) is 142 cm³/mol. The van der Waals surface area contributed by atoms with E-state index in [9.17, 15) is 19.5 Å². The van der Waals surface area contributed by atoms with Crippen molar-refractivity contribution in [3.05, 3.63) is 65.2 Å². The monoisotopic (exact) mass is 509 g/mol. The third-order valence-corrected chi connectivity index (χ3v) is 6.17. The molecule has 8 heteroatoms. The van der Waals surface area contributed by atoms with E-state index in [4.69, 9.17) is 4.74 Å². The number of carbonyl (C=O) groups is 3. The lowest BCUT2D eigenvalue weighted by molar-refractivity contribution is -0.144. The fraction of sp³-hybridized carbons (Fsp3) is 0.483. The molecule has 0 saturated heterocycles. The second-order valence-corrected chi connectivity index (χ2v) is 11.0. The zero-order chi connectivity index (χ0) is 27.3. The summed E-state index contributed by atoms with van der Waals surface area (Å²) in [6, 6.07) is 12.6. The molecule has 0 aliphatic heterocycles. The van der Waals surface area contributed by atoms with Gasteiger partial charge in [0.15, 0.2) is 0 Å². The maximum atomic E-state index is 14.0. The van der Waals surface area contributed by atoms with Crippen molar-refractivity contribution in [3.63, 3.8) is 0 Å². The van der Waals surface area contributed by atoms with Crippen molar-refractivity contribution < 1.29 is 24.2 Å². The number of phenols is 1. The highest BCUT2D eigenvalue weighted by Gasteiger charge is 2.44. The molecule has 0 radical (unpaired) electrons. The van der Waals surface area contributed by atoms with Crippen LogP contribution in [-0.4, -0.2) is 45.6 Å². The third kappa shape index (κ3) is 7.71. The van der Waals surface area contributed by atoms with Gasteiger partial charge in [-0.1, -0.05) is 50.2 Å². The third-order valence-electron chi connectivity index (χ3n) is 6.17. The van der Waals surface area contributed by atoms with Gasteiger partial charge in [0.05, 0.1) is 0 Å². The Morgan fingerprint density at radius 2 is 1.73 bits per heavy atom. The first-order valence-corrected chi connectivity index (χ1v) is 12.8. The molecule has 37 heavy (non-hydrogen) atoms. The first kappa shape index (κ1) is 28.0. The summed E-state index contributed by atoms with van der Waals surface area (Å²) in [6.45, 7) is 11.0. The lowest BCUT2D eigenvalue weighted by Crippen LogP contribution is -2.55. The maximum Gasteiger partial charge on any atom is 0.408 e. The zero-order valence-corrected chi connectivity index (χ0v) is 22.6. The number of carbonyl (C=O) groups excluding carboxylic acids is 3. The van der Waals surface area contributed by atoms with Crippen LogP contribution in [0.5, 0.6) is 5.75 Å². The van der Waals surface area contributed by atoms with Gasteiger partial charge in [-0.25, -0.2) is 4.79 Å². The molecule has 2 unspecified atom stereocenters. The molecule has 3 rings (SSSR count). The average molecular weight is 510 g/mol. The van der Waals surface area contributed by atoms with E-state index < -0.39 is 23.8 Å². The molecule has 3 amide bonds. The minimum Gasteiger partial charge on any atom is -0.508 e. The Morgan fingerprint density at radius 3 is 2.27 bits per heavy atom. The first-order valence-electron chi connectivity index (χ1n) is 12.8. The van der Waals surface area contributed by atoms with Crippen LogP contribution in [0.15, 0.2) is 48.5 Å². The van der Waals surface area contributed by atoms with Gasteiger partial charge in [0.2, 0.25) is 11.8 Å². The molecule has 200 valence electrons. The van der Waals surface area contributed by atoms with Crippen LogP contribution in [-0.2, 0) is 20.9 Å². The number of nitrogens with one attached hydrogen (secondary N) is 2. The Labute approximate surface area is 219 Å². The van der Waals surface area contributed by atoms with Gasteiger partial charge in [-0.05, 0) is 75.3 Å². The van der Waals surface area contributed by atoms with Gasteiger partial charge in [0, 0.05) is 12.6 Å². The molecule has 2 aromatic rings. The van der Waals surface area contributed by atoms with Crippen LogP contribution < -0.4 is 10.6 Å². The van der Waals surface area contributed by atoms with Crippen molar-refractivity contribution in [1.29, 1.82) is 0 Å². The molecule has 3 N–H and O–H groups in total. The van der Waals surface area contributed by atoms with E-state index in [1.165, 1.54) is 6.07 Å². The average Bonchev–Trinajstić information content (AvgIpc) is 3.65. The van der Waals surface area contributed by atoms with E-state index in [0.29, 0.717) is 17.7 Å². The summed E-state index contributed by atoms with van der Waals surface area (Å²) in [5.74, 6) is -0.790. The van der Waals surface area contributed by atoms with E-state index in [1.54, 1.807) is 44.7 Å². The Hall–Kier alpha value is -3.55. The SMILES string of the molecule is Cc1cc(C(C(=O)NCc2ccccc2)N(C(=O)C(NC(=O)OC(C)(C)C)C(C)C)C2CC2)ccc1O. The molecule has 2 atom stereocenters. The van der Waals surface area contributed by atoms with Crippen LogP contribution >= 0.6 is 0 Å². The fourth-order valence-electron chi connectivity index (χ4n) is 4.15. The van der Waals surface area contributed by atoms with Crippen molar-refractivity contribution in [2.45, 2.75) is 84.7 Å². The van der Waals surface area contributed by atoms with E-state index in [1.807, 2.05) is 44.2 Å². The number of phenolic OH excluding ortho intramolecular Hbond substituents is 1. The van der Waals surface area contributed by atoms with Crippen LogP contribution in [0.3, 0.4) is 0 Å². The highest BCUT2D eigenvalue weighted by Crippen LogP contribution is 2.37. The van der Waals surface area contributed by atoms with Gasteiger partial charge in [-0.3, -0.25) is 9.59 Å². The molecule has 0 heterocycles. The van der Waals surface area contributed by atoms with Crippen LogP contribution in [0.1, 0.15) is 70.2 Å². The molecule has 2 aromatic carbocycles. The zero-order valence-electron chi connectivity index (χ0n) is 22.6. The standard InChI is InChI=1S/C29H39N3O5/c1-18(2)24(31-28(36)37-29(4,5)6)27(35)32(22-13-14-22)25(21-12-15-23(33)19(3)16-21)26(34)30-17-20-10-8-7-9-11-20/h7-12,15-16,18,22,24-25,33H,13-14,17H2,1-6H3,(H,30,34)(H,31,36). The van der Waals surface area contributed by atoms with Gasteiger partial charge < -0.3 is 25.4 Å². The van der Waals surface area contributed by atoms with Crippen molar-refractivity contribution >= 4 is 17.9 Å². The summed E-state index contributed by atoms with van der Waals surface area (Å²) in [5, 5.41) is 15.8. The number of alkyl carbamates (subject to hydrolysis) is 1. The number of benzene rings is 2. The summed E-state index contributed by atoms with van der Waals surface area (Å²) in [7, 11) is 0. The van der Waals surface area contributed by atoms with Crippen LogP contribution in [0.2, 0.25) is 0 Å². The summed E-state index contributed by atoms with van der Waals surface area (Å²) < 4.78 is 5.41. The molecule has 1 aliphatic carbocycles. The molecular weight excluding hydrogens is 470 g/mol. The number of nitrogens with zero attached hydrogens (tertiary/aromatic N) is 1. The number of ether oxygens (including phenoxy) is 1. The molecular formula is C29H39N3O5. The molecule has 1 saturated carbocycles. The minimum absolute atomic E-state index is 0.114. The quantitative estimate of drug-likeness (QED) is 0.458. The number of rotatable bonds is 9. The van der Waals surface area contributed by atoms with Gasteiger partial charge in [0.25, 0.3) is 0 Å². The van der Waals surface area contributed by atoms with E-state index >= 15 is 0 Å². The number of aryl methyl sites for hydroxylation is 1. The second-order valence-electron chi connectivity index (χ2n) is 11.0. The lowest BCUT2D eigenvalue weighted by atomic mass is 9.97. The number of aromatic hydroxyl groups is 1. The fourth-order valence-corrected chi connectivity index (χ4v) is 4.15. The molecule has 0 spiro atoms. The largest absolute Gasteiger partial charge is 0.508 e. The topological polar surface area (TPSA) is 108 Å². The van der Waals surface area contributed by atoms with Crippen LogP contribution in [0, 0.1) is 12.8 Å². The van der Waals surface area contributed by atoms with Crippen molar-refractivity contribution in [1.82, 2.24) is 15.5 Å². The van der Waals surface area contributed by atoms with E-state index in [0.717, 1.165) is 18.4 Å². The normalized spacial score (nSPS) is 15.0. The smallest absolute Gasteiger partial charge is 0.408 e. The van der Waals surface area contributed by atoms with Crippen LogP contribution in [0.4, 0.5) is 4.79 Å². The molecule has 0 aromatic heterocycles. The summed E-state index contributed by atoms with van der Waals surface area (Å²) in [4.78, 5) is 41.9. The minimum atomic E-state index is -0.926. The molecule has 8 nitrogen and oxygen atoms in total. The van der Waals surface area contributed by atoms with Crippen LogP contribution in [0.25, 0.3) is 0 Å². The van der Waals surface area contributed by atoms with Gasteiger partial charge >= 0.3 is 6.09 Å². The highest BCUT2D eigenvalue weighted by molar-refractivity contribution is 5.92. The molecule has 1 fully saturated rings. The lowest BCUT2D eigenvalue weighted by Gasteiger charge is -2.36. The highest BCUT2D eigenvalue weighted by atomic mass is 16.6. The van der Waals surface area contributed by atoms with Crippen molar-refractivity contribution in [2.75, 3.05) is 0 Å². The predicted octanol–water partition coefficient (Wildman–Crippen LogP) is 4.60. The molecule has 1 aliphatic rings. The van der Waals surface area contributed by atoms with E-state index in [2.05, 4.69) is 10.6 Å². The molecule has 0 bridgehead atoms. The van der Waals surface area contributed by atoms with E-state index in [-0.39, 0.29) is 29.5 Å². The van der Waals surface area contributed by atoms with Gasteiger partial charge in [0.1, 0.15) is 23.4 Å². The Kier molecular flexibility index (Phi) is 8.84. The summed E-state index contributed by atoms with van der Waals surface area (Å²) in [6.07, 6.45) is 0.853. The Morgan fingerprint density at radius 1 is 1.08 bits per heavy atom. The number of hydrogen-bond donors (Lipinski definition) is 3. The first-order chi connectivity index (χ1) is 17.4. The van der Waals surface area contributed by atoms with Crippen molar-refractivity contribution in [2.24, 2.45) is 5.92 Å². The Balaban J connectivity index is 1.95. The number of hydrogen-bond acceptors (Lipinski definition) is 5. The van der Waals surface area contributed by atoms with Gasteiger partial charge in [-0.2, -0.15) is 0 Å². The maximum absolute atomic E-state index is 14.0.